The first-order valence-corrected chi connectivity index (χ1v) is 7.76. The Morgan fingerprint density at radius 3 is 2.65 bits per heavy atom. The fraction of sp³-hybridized carbons (Fsp3) is 0.538. The number of amides is 2. The molecule has 2 heterocycles. The molecule has 1 aliphatic heterocycles. The van der Waals surface area contributed by atoms with Crippen molar-refractivity contribution in [1.82, 2.24) is 10.2 Å². The van der Waals surface area contributed by atoms with Crippen LogP contribution in [0, 0.1) is 5.92 Å². The molecule has 0 unspecified atom stereocenters. The van der Waals surface area contributed by atoms with Gasteiger partial charge in [-0.05, 0) is 38.1 Å². The Kier molecular flexibility index (Phi) is 5.39. The quantitative estimate of drug-likeness (QED) is 0.857. The first kappa shape index (κ1) is 15.3. The number of piperidine rings is 1. The summed E-state index contributed by atoms with van der Waals surface area (Å²) in [5, 5.41) is 2.87. The minimum absolute atomic E-state index is 0.00736. The van der Waals surface area contributed by atoms with E-state index in [-0.39, 0.29) is 17.7 Å². The van der Waals surface area contributed by atoms with Gasteiger partial charge in [-0.3, -0.25) is 14.5 Å². The van der Waals surface area contributed by atoms with Crippen LogP contribution in [0.2, 0.25) is 4.34 Å². The predicted octanol–water partition coefficient (Wildman–Crippen LogP) is 1.22. The number of carbonyl (C=O) groups excluding carboxylic acids is 2. The molecule has 0 spiro atoms. The molecule has 1 aromatic rings. The third-order valence-corrected chi connectivity index (χ3v) is 4.68. The van der Waals surface area contributed by atoms with Gasteiger partial charge in [-0.2, -0.15) is 0 Å². The number of thiophene rings is 1. The predicted molar refractivity (Wildman–Crippen MR) is 79.5 cm³/mol. The first-order valence-electron chi connectivity index (χ1n) is 6.57. The van der Waals surface area contributed by atoms with Gasteiger partial charge in [0.1, 0.15) is 0 Å². The molecule has 0 atom stereocenters. The largest absolute Gasteiger partial charge is 0.369 e. The molecule has 2 amide bonds. The summed E-state index contributed by atoms with van der Waals surface area (Å²) in [5.41, 5.74) is 5.28. The normalized spacial score (nSPS) is 17.1. The van der Waals surface area contributed by atoms with Crippen molar-refractivity contribution < 1.29 is 9.59 Å². The van der Waals surface area contributed by atoms with Gasteiger partial charge in [0.05, 0.1) is 17.4 Å². The van der Waals surface area contributed by atoms with Gasteiger partial charge in [-0.1, -0.05) is 11.6 Å². The summed E-state index contributed by atoms with van der Waals surface area (Å²) in [4.78, 5) is 26.0. The third-order valence-electron chi connectivity index (χ3n) is 3.45. The molecule has 0 bridgehead atoms. The minimum atomic E-state index is -0.233. The lowest BCUT2D eigenvalue weighted by Crippen LogP contribution is -2.43. The number of likely N-dealkylation sites (tertiary alicyclic amines) is 1. The lowest BCUT2D eigenvalue weighted by Gasteiger charge is -2.29. The van der Waals surface area contributed by atoms with Gasteiger partial charge in [0.25, 0.3) is 0 Å². The van der Waals surface area contributed by atoms with Gasteiger partial charge in [-0.25, -0.2) is 0 Å². The maximum Gasteiger partial charge on any atom is 0.234 e. The van der Waals surface area contributed by atoms with Crippen molar-refractivity contribution in [3.8, 4) is 0 Å². The van der Waals surface area contributed by atoms with Crippen LogP contribution in [0.5, 0.6) is 0 Å². The lowest BCUT2D eigenvalue weighted by atomic mass is 9.96. The molecule has 0 radical (unpaired) electrons. The topological polar surface area (TPSA) is 75.4 Å². The monoisotopic (exact) mass is 315 g/mol. The molecular weight excluding hydrogens is 298 g/mol. The molecule has 20 heavy (non-hydrogen) atoms. The van der Waals surface area contributed by atoms with E-state index in [1.54, 1.807) is 0 Å². The zero-order valence-electron chi connectivity index (χ0n) is 11.1. The summed E-state index contributed by atoms with van der Waals surface area (Å²) in [6.45, 7) is 2.36. The van der Waals surface area contributed by atoms with Crippen LogP contribution in [-0.2, 0) is 16.1 Å². The van der Waals surface area contributed by atoms with E-state index in [0.29, 0.717) is 13.1 Å². The Balaban J connectivity index is 1.69. The number of hydrogen-bond acceptors (Lipinski definition) is 4. The minimum Gasteiger partial charge on any atom is -0.369 e. The summed E-state index contributed by atoms with van der Waals surface area (Å²) in [6.07, 6.45) is 1.48. The Bertz CT molecular complexity index is 484. The SMILES string of the molecule is NC(=O)C1CCN(CC(=O)NCc2ccc(Cl)s2)CC1. The molecule has 1 aromatic heterocycles. The fourth-order valence-electron chi connectivity index (χ4n) is 2.27. The lowest BCUT2D eigenvalue weighted by molar-refractivity contribution is -0.124. The van der Waals surface area contributed by atoms with Crippen molar-refractivity contribution in [2.24, 2.45) is 11.7 Å². The molecule has 0 aromatic carbocycles. The van der Waals surface area contributed by atoms with E-state index in [9.17, 15) is 9.59 Å². The van der Waals surface area contributed by atoms with E-state index >= 15 is 0 Å². The van der Waals surface area contributed by atoms with Gasteiger partial charge in [0.15, 0.2) is 0 Å². The number of hydrogen-bond donors (Lipinski definition) is 2. The highest BCUT2D eigenvalue weighted by Crippen LogP contribution is 2.21. The zero-order chi connectivity index (χ0) is 14.5. The number of nitrogens with one attached hydrogen (secondary N) is 1. The molecule has 1 fully saturated rings. The van der Waals surface area contributed by atoms with Crippen LogP contribution >= 0.6 is 22.9 Å². The molecule has 3 N–H and O–H groups in total. The Morgan fingerprint density at radius 2 is 2.10 bits per heavy atom. The van der Waals surface area contributed by atoms with Crippen LogP contribution in [-0.4, -0.2) is 36.3 Å². The van der Waals surface area contributed by atoms with E-state index in [0.717, 1.165) is 35.1 Å². The van der Waals surface area contributed by atoms with Gasteiger partial charge in [0, 0.05) is 10.8 Å². The average molecular weight is 316 g/mol. The second kappa shape index (κ2) is 7.06. The smallest absolute Gasteiger partial charge is 0.234 e. The van der Waals surface area contributed by atoms with Crippen molar-refractivity contribution >= 4 is 34.8 Å². The standard InChI is InChI=1S/C13H18ClN3O2S/c14-11-2-1-10(20-11)7-16-12(18)8-17-5-3-9(4-6-17)13(15)19/h1-2,9H,3-8H2,(H2,15,19)(H,16,18). The summed E-state index contributed by atoms with van der Waals surface area (Å²) in [5.74, 6) is -0.279. The average Bonchev–Trinajstić information content (AvgIpc) is 2.83. The highest BCUT2D eigenvalue weighted by atomic mass is 35.5. The van der Waals surface area contributed by atoms with Crippen molar-refractivity contribution in [3.05, 3.63) is 21.3 Å². The van der Waals surface area contributed by atoms with Crippen LogP contribution in [0.3, 0.4) is 0 Å². The van der Waals surface area contributed by atoms with Gasteiger partial charge < -0.3 is 11.1 Å². The van der Waals surface area contributed by atoms with Crippen LogP contribution < -0.4 is 11.1 Å². The first-order chi connectivity index (χ1) is 9.54. The molecule has 2 rings (SSSR count). The van der Waals surface area contributed by atoms with Crippen molar-refractivity contribution in [3.63, 3.8) is 0 Å². The van der Waals surface area contributed by atoms with Crippen molar-refractivity contribution in [2.75, 3.05) is 19.6 Å². The number of nitrogens with zero attached hydrogens (tertiary/aromatic N) is 1. The maximum atomic E-state index is 11.8. The molecule has 5 nitrogen and oxygen atoms in total. The maximum absolute atomic E-state index is 11.8. The second-order valence-electron chi connectivity index (χ2n) is 4.94. The van der Waals surface area contributed by atoms with Crippen LogP contribution in [0.15, 0.2) is 12.1 Å². The molecule has 110 valence electrons. The van der Waals surface area contributed by atoms with Crippen LogP contribution in [0.1, 0.15) is 17.7 Å². The summed E-state index contributed by atoms with van der Waals surface area (Å²) in [7, 11) is 0. The Hall–Kier alpha value is -1.11. The van der Waals surface area contributed by atoms with Crippen molar-refractivity contribution in [1.29, 1.82) is 0 Å². The van der Waals surface area contributed by atoms with E-state index in [1.165, 1.54) is 11.3 Å². The molecule has 0 saturated carbocycles. The Labute approximate surface area is 127 Å². The molecule has 1 aliphatic rings. The molecular formula is C13H18ClN3O2S. The van der Waals surface area contributed by atoms with Gasteiger partial charge in [-0.15, -0.1) is 11.3 Å². The third kappa shape index (κ3) is 4.47. The second-order valence-corrected chi connectivity index (χ2v) is 6.73. The molecule has 0 aliphatic carbocycles. The number of rotatable bonds is 5. The molecule has 7 heteroatoms. The van der Waals surface area contributed by atoms with Crippen LogP contribution in [0.25, 0.3) is 0 Å². The van der Waals surface area contributed by atoms with E-state index in [2.05, 4.69) is 10.2 Å². The van der Waals surface area contributed by atoms with E-state index in [4.69, 9.17) is 17.3 Å². The molecule has 1 saturated heterocycles. The number of carbonyl (C=O) groups is 2. The highest BCUT2D eigenvalue weighted by molar-refractivity contribution is 7.16. The van der Waals surface area contributed by atoms with E-state index < -0.39 is 0 Å². The Morgan fingerprint density at radius 1 is 1.40 bits per heavy atom. The fourth-order valence-corrected chi connectivity index (χ4v) is 3.29. The number of halogens is 1. The van der Waals surface area contributed by atoms with Gasteiger partial charge in [0.2, 0.25) is 11.8 Å². The van der Waals surface area contributed by atoms with E-state index in [1.807, 2.05) is 12.1 Å². The number of primary amides is 1. The number of nitrogens with two attached hydrogens (primary N) is 1. The summed E-state index contributed by atoms with van der Waals surface area (Å²) in [6, 6.07) is 3.73. The summed E-state index contributed by atoms with van der Waals surface area (Å²) < 4.78 is 0.725. The van der Waals surface area contributed by atoms with Gasteiger partial charge >= 0.3 is 0 Å². The highest BCUT2D eigenvalue weighted by Gasteiger charge is 2.23. The van der Waals surface area contributed by atoms with Crippen molar-refractivity contribution in [2.45, 2.75) is 19.4 Å². The summed E-state index contributed by atoms with van der Waals surface area (Å²) >= 11 is 7.30. The van der Waals surface area contributed by atoms with Crippen LogP contribution in [0.4, 0.5) is 0 Å². The zero-order valence-corrected chi connectivity index (χ0v) is 12.7.